The van der Waals surface area contributed by atoms with Crippen LogP contribution in [-0.2, 0) is 20.6 Å². The molecule has 0 fully saturated rings. The van der Waals surface area contributed by atoms with Crippen molar-refractivity contribution in [2.75, 3.05) is 5.32 Å². The molecule has 2 aromatic rings. The van der Waals surface area contributed by atoms with E-state index in [1.54, 1.807) is 13.2 Å². The molecule has 0 saturated carbocycles. The fourth-order valence-electron chi connectivity index (χ4n) is 1.97. The third-order valence-electron chi connectivity index (χ3n) is 3.13. The lowest BCUT2D eigenvalue weighted by molar-refractivity contribution is 0.671. The Labute approximate surface area is 111 Å². The molecular weight excluding hydrogens is 242 g/mol. The van der Waals surface area contributed by atoms with Crippen LogP contribution in [-0.4, -0.2) is 9.13 Å². The number of anilines is 1. The fourth-order valence-corrected chi connectivity index (χ4v) is 1.97. The molecule has 0 spiro atoms. The molecule has 0 radical (unpaired) electrons. The van der Waals surface area contributed by atoms with Crippen molar-refractivity contribution in [1.82, 2.24) is 9.13 Å². The number of hydrogen-bond acceptors (Lipinski definition) is 3. The standard InChI is InChI=1S/C14H17N3O2/c1-10-6-4-5-7-12(10)15-8-11-9-16(2)14(19)17(3)13(11)18/h4-7,9,15H,8H2,1-3H3. The molecule has 19 heavy (non-hydrogen) atoms. The quantitative estimate of drug-likeness (QED) is 0.895. The lowest BCUT2D eigenvalue weighted by atomic mass is 10.2. The van der Waals surface area contributed by atoms with E-state index >= 15 is 0 Å². The minimum absolute atomic E-state index is 0.260. The van der Waals surface area contributed by atoms with E-state index in [0.29, 0.717) is 12.1 Å². The first kappa shape index (κ1) is 13.1. The molecule has 1 aromatic carbocycles. The lowest BCUT2D eigenvalue weighted by Crippen LogP contribution is -2.38. The number of aromatic nitrogens is 2. The summed E-state index contributed by atoms with van der Waals surface area (Å²) < 4.78 is 2.53. The zero-order valence-electron chi connectivity index (χ0n) is 11.3. The maximum atomic E-state index is 12.0. The van der Waals surface area contributed by atoms with Crippen LogP contribution < -0.4 is 16.6 Å². The van der Waals surface area contributed by atoms with Crippen LogP contribution in [0.25, 0.3) is 0 Å². The van der Waals surface area contributed by atoms with Crippen LogP contribution in [0.5, 0.6) is 0 Å². The molecule has 0 saturated heterocycles. The third-order valence-corrected chi connectivity index (χ3v) is 3.13. The van der Waals surface area contributed by atoms with E-state index in [1.807, 2.05) is 31.2 Å². The van der Waals surface area contributed by atoms with Crippen LogP contribution in [0.15, 0.2) is 40.1 Å². The summed E-state index contributed by atoms with van der Waals surface area (Å²) in [5, 5.41) is 3.22. The normalized spacial score (nSPS) is 10.5. The van der Waals surface area contributed by atoms with E-state index in [-0.39, 0.29) is 11.2 Å². The minimum Gasteiger partial charge on any atom is -0.380 e. The number of hydrogen-bond donors (Lipinski definition) is 1. The van der Waals surface area contributed by atoms with E-state index in [2.05, 4.69) is 5.32 Å². The number of nitrogens with one attached hydrogen (secondary N) is 1. The van der Waals surface area contributed by atoms with Crippen molar-refractivity contribution in [3.63, 3.8) is 0 Å². The molecular formula is C14H17N3O2. The Morgan fingerprint density at radius 1 is 1.16 bits per heavy atom. The first-order valence-electron chi connectivity index (χ1n) is 6.05. The van der Waals surface area contributed by atoms with Crippen molar-refractivity contribution in [3.8, 4) is 0 Å². The summed E-state index contributed by atoms with van der Waals surface area (Å²) in [6.07, 6.45) is 1.58. The molecule has 1 N–H and O–H groups in total. The second kappa shape index (κ2) is 5.14. The van der Waals surface area contributed by atoms with Gasteiger partial charge >= 0.3 is 5.69 Å². The van der Waals surface area contributed by atoms with Gasteiger partial charge in [-0.25, -0.2) is 4.79 Å². The highest BCUT2D eigenvalue weighted by Crippen LogP contribution is 2.13. The Balaban J connectivity index is 2.29. The van der Waals surface area contributed by atoms with Crippen molar-refractivity contribution in [2.24, 2.45) is 14.1 Å². The van der Waals surface area contributed by atoms with Gasteiger partial charge in [0.1, 0.15) is 0 Å². The number of aryl methyl sites for hydroxylation is 2. The molecule has 2 rings (SSSR count). The van der Waals surface area contributed by atoms with Gasteiger partial charge in [-0.3, -0.25) is 9.36 Å². The Kier molecular flexibility index (Phi) is 3.55. The maximum absolute atomic E-state index is 12.0. The number of para-hydroxylation sites is 1. The molecule has 1 heterocycles. The van der Waals surface area contributed by atoms with Gasteiger partial charge in [-0.1, -0.05) is 18.2 Å². The average molecular weight is 259 g/mol. The number of nitrogens with zero attached hydrogens (tertiary/aromatic N) is 2. The van der Waals surface area contributed by atoms with Gasteiger partial charge in [-0.15, -0.1) is 0 Å². The van der Waals surface area contributed by atoms with Crippen molar-refractivity contribution in [1.29, 1.82) is 0 Å². The van der Waals surface area contributed by atoms with Crippen LogP contribution in [0, 0.1) is 6.92 Å². The predicted octanol–water partition coefficient (Wildman–Crippen LogP) is 1.00. The molecule has 0 amide bonds. The Morgan fingerprint density at radius 3 is 2.53 bits per heavy atom. The summed E-state index contributed by atoms with van der Waals surface area (Å²) in [6.45, 7) is 2.40. The van der Waals surface area contributed by atoms with Gasteiger partial charge in [-0.2, -0.15) is 0 Å². The summed E-state index contributed by atoms with van der Waals surface area (Å²) >= 11 is 0. The molecule has 0 aliphatic heterocycles. The topological polar surface area (TPSA) is 56.0 Å². The number of rotatable bonds is 3. The summed E-state index contributed by atoms with van der Waals surface area (Å²) in [5.74, 6) is 0. The van der Waals surface area contributed by atoms with Crippen molar-refractivity contribution >= 4 is 5.69 Å². The van der Waals surface area contributed by atoms with Crippen LogP contribution in [0.1, 0.15) is 11.1 Å². The highest BCUT2D eigenvalue weighted by atomic mass is 16.2. The van der Waals surface area contributed by atoms with Gasteiger partial charge in [0, 0.05) is 32.5 Å². The lowest BCUT2D eigenvalue weighted by Gasteiger charge is -2.10. The molecule has 5 nitrogen and oxygen atoms in total. The molecule has 1 aromatic heterocycles. The molecule has 0 aliphatic rings. The first-order chi connectivity index (χ1) is 9.00. The average Bonchev–Trinajstić information content (AvgIpc) is 2.40. The summed E-state index contributed by atoms with van der Waals surface area (Å²) in [6, 6.07) is 7.86. The van der Waals surface area contributed by atoms with E-state index in [9.17, 15) is 9.59 Å². The zero-order valence-corrected chi connectivity index (χ0v) is 11.3. The van der Waals surface area contributed by atoms with Crippen molar-refractivity contribution < 1.29 is 0 Å². The van der Waals surface area contributed by atoms with Crippen molar-refractivity contribution in [2.45, 2.75) is 13.5 Å². The van der Waals surface area contributed by atoms with Gasteiger partial charge in [0.2, 0.25) is 0 Å². The van der Waals surface area contributed by atoms with Gasteiger partial charge in [0.15, 0.2) is 0 Å². The van der Waals surface area contributed by atoms with Crippen LogP contribution in [0.2, 0.25) is 0 Å². The van der Waals surface area contributed by atoms with Gasteiger partial charge < -0.3 is 9.88 Å². The van der Waals surface area contributed by atoms with E-state index < -0.39 is 0 Å². The third kappa shape index (κ3) is 2.59. The highest BCUT2D eigenvalue weighted by molar-refractivity contribution is 5.50. The number of benzene rings is 1. The molecule has 0 unspecified atom stereocenters. The molecule has 5 heteroatoms. The SMILES string of the molecule is Cc1ccccc1NCc1cn(C)c(=O)n(C)c1=O. The van der Waals surface area contributed by atoms with Gasteiger partial charge in [0.25, 0.3) is 5.56 Å². The van der Waals surface area contributed by atoms with Crippen molar-refractivity contribution in [3.05, 3.63) is 62.4 Å². The molecule has 0 aliphatic carbocycles. The predicted molar refractivity (Wildman–Crippen MR) is 75.4 cm³/mol. The maximum Gasteiger partial charge on any atom is 0.330 e. The molecule has 0 atom stereocenters. The summed E-state index contributed by atoms with van der Waals surface area (Å²) in [4.78, 5) is 23.5. The monoisotopic (exact) mass is 259 g/mol. The molecule has 100 valence electrons. The first-order valence-corrected chi connectivity index (χ1v) is 6.05. The van der Waals surface area contributed by atoms with E-state index in [4.69, 9.17) is 0 Å². The molecule has 0 bridgehead atoms. The Morgan fingerprint density at radius 2 is 1.84 bits per heavy atom. The van der Waals surface area contributed by atoms with Gasteiger partial charge in [0.05, 0.1) is 5.56 Å². The zero-order chi connectivity index (χ0) is 14.0. The highest BCUT2D eigenvalue weighted by Gasteiger charge is 2.06. The second-order valence-electron chi connectivity index (χ2n) is 4.58. The van der Waals surface area contributed by atoms with Crippen LogP contribution >= 0.6 is 0 Å². The van der Waals surface area contributed by atoms with Gasteiger partial charge in [-0.05, 0) is 18.6 Å². The summed E-state index contributed by atoms with van der Waals surface area (Å²) in [5.41, 5.74) is 2.09. The van der Waals surface area contributed by atoms with E-state index in [1.165, 1.54) is 11.6 Å². The largest absolute Gasteiger partial charge is 0.380 e. The fraction of sp³-hybridized carbons (Fsp3) is 0.286. The van der Waals surface area contributed by atoms with E-state index in [0.717, 1.165) is 15.8 Å². The second-order valence-corrected chi connectivity index (χ2v) is 4.58. The van der Waals surface area contributed by atoms with Crippen LogP contribution in [0.3, 0.4) is 0 Å². The summed E-state index contributed by atoms with van der Waals surface area (Å²) in [7, 11) is 3.13. The Bertz CT molecular complexity index is 713. The minimum atomic E-state index is -0.315. The smallest absolute Gasteiger partial charge is 0.330 e. The Hall–Kier alpha value is -2.30. The van der Waals surface area contributed by atoms with Crippen LogP contribution in [0.4, 0.5) is 5.69 Å².